The topological polar surface area (TPSA) is 103 Å². The lowest BCUT2D eigenvalue weighted by molar-refractivity contribution is 0.0131. The van der Waals surface area contributed by atoms with Gasteiger partial charge < -0.3 is 20.6 Å². The van der Waals surface area contributed by atoms with Crippen LogP contribution in [-0.2, 0) is 0 Å². The predicted octanol–water partition coefficient (Wildman–Crippen LogP) is 0.588. The zero-order chi connectivity index (χ0) is 13.1. The third kappa shape index (κ3) is 3.85. The number of pyridine rings is 1. The number of halogens is 1. The average molecular weight is 261 g/mol. The second-order valence-corrected chi connectivity index (χ2v) is 4.28. The van der Waals surface area contributed by atoms with Crippen molar-refractivity contribution in [3.05, 3.63) is 22.8 Å². The van der Waals surface area contributed by atoms with Gasteiger partial charge in [0.05, 0.1) is 17.2 Å². The van der Waals surface area contributed by atoms with E-state index >= 15 is 0 Å². The van der Waals surface area contributed by atoms with E-state index in [1.165, 1.54) is 13.0 Å². The summed E-state index contributed by atoms with van der Waals surface area (Å²) in [5, 5.41) is 29.9. The molecule has 0 saturated heterocycles. The van der Waals surface area contributed by atoms with Crippen molar-refractivity contribution in [2.75, 3.05) is 18.5 Å². The number of anilines is 1. The number of aromatic carboxylic acids is 1. The number of hydrogen-bond acceptors (Lipinski definition) is 5. The minimum absolute atomic E-state index is 0.0190. The van der Waals surface area contributed by atoms with Gasteiger partial charge in [0.1, 0.15) is 11.4 Å². The van der Waals surface area contributed by atoms with Gasteiger partial charge in [0.15, 0.2) is 0 Å². The fraction of sp³-hybridized carbons (Fsp3) is 0.400. The van der Waals surface area contributed by atoms with Gasteiger partial charge in [-0.1, -0.05) is 11.6 Å². The van der Waals surface area contributed by atoms with Crippen molar-refractivity contribution < 1.29 is 20.1 Å². The summed E-state index contributed by atoms with van der Waals surface area (Å²) in [6.07, 6.45) is 1.16. The molecule has 1 heterocycles. The predicted molar refractivity (Wildman–Crippen MR) is 62.4 cm³/mol. The quantitative estimate of drug-likeness (QED) is 0.618. The lowest BCUT2D eigenvalue weighted by Gasteiger charge is -2.21. The molecule has 0 aromatic carbocycles. The second-order valence-electron chi connectivity index (χ2n) is 3.87. The maximum absolute atomic E-state index is 10.6. The monoisotopic (exact) mass is 260 g/mol. The van der Waals surface area contributed by atoms with Gasteiger partial charge in [-0.25, -0.2) is 9.78 Å². The maximum atomic E-state index is 10.6. The number of rotatable bonds is 5. The molecule has 7 heteroatoms. The van der Waals surface area contributed by atoms with Crippen LogP contribution in [0.1, 0.15) is 17.3 Å². The molecule has 1 atom stereocenters. The van der Waals surface area contributed by atoms with Crippen LogP contribution in [0.5, 0.6) is 0 Å². The van der Waals surface area contributed by atoms with Crippen molar-refractivity contribution >= 4 is 23.4 Å². The maximum Gasteiger partial charge on any atom is 0.337 e. The van der Waals surface area contributed by atoms with Crippen molar-refractivity contribution in [3.8, 4) is 0 Å². The van der Waals surface area contributed by atoms with Crippen LogP contribution in [0.3, 0.4) is 0 Å². The van der Waals surface area contributed by atoms with E-state index in [0.717, 1.165) is 6.20 Å². The molecule has 0 saturated carbocycles. The van der Waals surface area contributed by atoms with Crippen LogP contribution in [0.4, 0.5) is 5.82 Å². The number of nitrogens with one attached hydrogen (secondary N) is 1. The van der Waals surface area contributed by atoms with Crippen LogP contribution in [0.2, 0.25) is 5.02 Å². The summed E-state index contributed by atoms with van der Waals surface area (Å²) in [6, 6.07) is 1.26. The molecule has 6 nitrogen and oxygen atoms in total. The van der Waals surface area contributed by atoms with E-state index in [1.807, 2.05) is 0 Å². The lowest BCUT2D eigenvalue weighted by atomic mass is 10.1. The van der Waals surface area contributed by atoms with Crippen molar-refractivity contribution in [2.24, 2.45) is 0 Å². The van der Waals surface area contributed by atoms with Crippen LogP contribution in [-0.4, -0.2) is 45.0 Å². The zero-order valence-electron chi connectivity index (χ0n) is 9.14. The Bertz CT molecular complexity index is 423. The highest BCUT2D eigenvalue weighted by molar-refractivity contribution is 6.33. The number of carbonyl (C=O) groups is 1. The Labute approximate surface area is 103 Å². The van der Waals surface area contributed by atoms with Gasteiger partial charge in [0, 0.05) is 12.7 Å². The van der Waals surface area contributed by atoms with Gasteiger partial charge in [-0.05, 0) is 13.0 Å². The number of aromatic nitrogens is 1. The van der Waals surface area contributed by atoms with Crippen LogP contribution in [0.15, 0.2) is 12.3 Å². The molecule has 0 aliphatic rings. The molecule has 0 aliphatic carbocycles. The fourth-order valence-corrected chi connectivity index (χ4v) is 1.25. The van der Waals surface area contributed by atoms with E-state index in [-0.39, 0.29) is 22.9 Å². The fourth-order valence-electron chi connectivity index (χ4n) is 1.01. The molecule has 0 radical (unpaired) electrons. The van der Waals surface area contributed by atoms with Crippen molar-refractivity contribution in [1.29, 1.82) is 0 Å². The number of aliphatic hydroxyl groups is 2. The van der Waals surface area contributed by atoms with E-state index in [2.05, 4.69) is 10.3 Å². The molecule has 0 spiro atoms. The van der Waals surface area contributed by atoms with Crippen molar-refractivity contribution in [2.45, 2.75) is 12.5 Å². The average Bonchev–Trinajstić information content (AvgIpc) is 2.27. The molecule has 1 aromatic rings. The third-order valence-corrected chi connectivity index (χ3v) is 2.35. The van der Waals surface area contributed by atoms with Gasteiger partial charge in [-0.2, -0.15) is 0 Å². The molecule has 0 aliphatic heterocycles. The number of aliphatic hydroxyl groups excluding tert-OH is 1. The number of carboxylic acids is 1. The number of carboxylic acid groups (broad SMARTS) is 1. The summed E-state index contributed by atoms with van der Waals surface area (Å²) >= 11 is 5.81. The molecular formula is C10H13ClN2O4. The largest absolute Gasteiger partial charge is 0.478 e. The first-order valence-corrected chi connectivity index (χ1v) is 5.19. The third-order valence-electron chi connectivity index (χ3n) is 2.07. The molecule has 94 valence electrons. The summed E-state index contributed by atoms with van der Waals surface area (Å²) in [7, 11) is 0. The van der Waals surface area contributed by atoms with Crippen LogP contribution < -0.4 is 5.32 Å². The first-order chi connectivity index (χ1) is 7.85. The van der Waals surface area contributed by atoms with E-state index in [0.29, 0.717) is 0 Å². The summed E-state index contributed by atoms with van der Waals surface area (Å²) < 4.78 is 0. The smallest absolute Gasteiger partial charge is 0.337 e. The first-order valence-electron chi connectivity index (χ1n) is 4.82. The summed E-state index contributed by atoms with van der Waals surface area (Å²) in [4.78, 5) is 14.5. The Balaban J connectivity index is 2.77. The number of nitrogens with zero attached hydrogens (tertiary/aromatic N) is 1. The molecule has 0 amide bonds. The highest BCUT2D eigenvalue weighted by Crippen LogP contribution is 2.20. The highest BCUT2D eigenvalue weighted by Gasteiger charge is 2.19. The second kappa shape index (κ2) is 5.31. The van der Waals surface area contributed by atoms with Crippen LogP contribution >= 0.6 is 11.6 Å². The molecular weight excluding hydrogens is 248 g/mol. The van der Waals surface area contributed by atoms with Gasteiger partial charge in [0.25, 0.3) is 0 Å². The molecule has 0 bridgehead atoms. The molecule has 1 unspecified atom stereocenters. The Hall–Kier alpha value is -1.37. The van der Waals surface area contributed by atoms with Crippen molar-refractivity contribution in [1.82, 2.24) is 4.98 Å². The Morgan fingerprint density at radius 3 is 2.76 bits per heavy atom. The minimum atomic E-state index is -1.30. The normalized spacial score (nSPS) is 14.1. The summed E-state index contributed by atoms with van der Waals surface area (Å²) in [6.45, 7) is 1.08. The van der Waals surface area contributed by atoms with E-state index < -0.39 is 18.2 Å². The molecule has 17 heavy (non-hydrogen) atoms. The molecule has 4 N–H and O–H groups in total. The molecule has 1 rings (SSSR count). The van der Waals surface area contributed by atoms with E-state index in [4.69, 9.17) is 21.8 Å². The SMILES string of the molecule is CC(O)(CO)CNc1ncc(C(=O)O)cc1Cl. The first kappa shape index (κ1) is 13.7. The molecule has 0 fully saturated rings. The van der Waals surface area contributed by atoms with E-state index in [1.54, 1.807) is 0 Å². The lowest BCUT2D eigenvalue weighted by Crippen LogP contribution is -2.37. The Kier molecular flexibility index (Phi) is 4.28. The van der Waals surface area contributed by atoms with Gasteiger partial charge in [-0.3, -0.25) is 0 Å². The zero-order valence-corrected chi connectivity index (χ0v) is 9.90. The standard InChI is InChI=1S/C10H13ClN2O4/c1-10(17,5-14)4-13-8-7(11)2-6(3-12-8)9(15)16/h2-3,14,17H,4-5H2,1H3,(H,12,13)(H,15,16). The Morgan fingerprint density at radius 2 is 2.29 bits per heavy atom. The van der Waals surface area contributed by atoms with Gasteiger partial charge >= 0.3 is 5.97 Å². The summed E-state index contributed by atoms with van der Waals surface area (Å²) in [5.41, 5.74) is -1.31. The Morgan fingerprint density at radius 1 is 1.65 bits per heavy atom. The highest BCUT2D eigenvalue weighted by atomic mass is 35.5. The van der Waals surface area contributed by atoms with Crippen LogP contribution in [0.25, 0.3) is 0 Å². The van der Waals surface area contributed by atoms with Crippen molar-refractivity contribution in [3.63, 3.8) is 0 Å². The van der Waals surface area contributed by atoms with E-state index in [9.17, 15) is 9.90 Å². The summed E-state index contributed by atoms with van der Waals surface area (Å²) in [5.74, 6) is -0.862. The number of hydrogen-bond donors (Lipinski definition) is 4. The molecule has 1 aromatic heterocycles. The van der Waals surface area contributed by atoms with Gasteiger partial charge in [-0.15, -0.1) is 0 Å². The minimum Gasteiger partial charge on any atom is -0.478 e. The van der Waals surface area contributed by atoms with Gasteiger partial charge in [0.2, 0.25) is 0 Å². The van der Waals surface area contributed by atoms with Crippen LogP contribution in [0, 0.1) is 0 Å².